The SMILES string of the molecule is COCCN1C[C@H](C(=O)NCc2ccc(-c3nc(C)ncc3-c3ccccn3)cc2)CC1=O. The molecule has 0 saturated carbocycles. The molecule has 8 nitrogen and oxygen atoms in total. The lowest BCUT2D eigenvalue weighted by Crippen LogP contribution is -2.33. The molecule has 1 atom stereocenters. The number of pyridine rings is 1. The summed E-state index contributed by atoms with van der Waals surface area (Å²) in [6.07, 6.45) is 3.80. The summed E-state index contributed by atoms with van der Waals surface area (Å²) in [6.45, 7) is 3.69. The third-order valence-corrected chi connectivity index (χ3v) is 5.69. The fraction of sp³-hybridized carbons (Fsp3) is 0.320. The maximum absolute atomic E-state index is 12.6. The van der Waals surface area contributed by atoms with Crippen LogP contribution in [0.3, 0.4) is 0 Å². The molecule has 1 saturated heterocycles. The standard InChI is InChI=1S/C25H27N5O3/c1-17-27-15-21(22-5-3-4-10-26-22)24(29-17)19-8-6-18(7-9-19)14-28-25(32)20-13-23(31)30(16-20)11-12-33-2/h3-10,15,20H,11-14,16H2,1-2H3,(H,28,32)/t20-/m1/s1. The Kier molecular flexibility index (Phi) is 7.04. The summed E-state index contributed by atoms with van der Waals surface area (Å²) in [4.78, 5) is 39.7. The van der Waals surface area contributed by atoms with Crippen LogP contribution in [0.5, 0.6) is 0 Å². The molecule has 1 aliphatic rings. The topological polar surface area (TPSA) is 97.3 Å². The van der Waals surface area contributed by atoms with E-state index in [9.17, 15) is 9.59 Å². The first-order valence-corrected chi connectivity index (χ1v) is 10.9. The average molecular weight is 446 g/mol. The normalized spacial score (nSPS) is 15.6. The molecule has 1 aromatic carbocycles. The Labute approximate surface area is 193 Å². The number of aromatic nitrogens is 3. The minimum Gasteiger partial charge on any atom is -0.383 e. The number of carbonyl (C=O) groups excluding carboxylic acids is 2. The number of likely N-dealkylation sites (tertiary alicyclic amines) is 1. The van der Waals surface area contributed by atoms with Crippen LogP contribution < -0.4 is 5.32 Å². The van der Waals surface area contributed by atoms with Gasteiger partial charge in [0.05, 0.1) is 23.9 Å². The van der Waals surface area contributed by atoms with E-state index in [-0.39, 0.29) is 24.2 Å². The Hall–Kier alpha value is -3.65. The Morgan fingerprint density at radius 1 is 1.18 bits per heavy atom. The Bertz CT molecular complexity index is 1120. The van der Waals surface area contributed by atoms with Gasteiger partial charge in [0.15, 0.2) is 0 Å². The molecule has 4 rings (SSSR count). The molecule has 1 aliphatic heterocycles. The average Bonchev–Trinajstić information content (AvgIpc) is 3.22. The van der Waals surface area contributed by atoms with Gasteiger partial charge >= 0.3 is 0 Å². The largest absolute Gasteiger partial charge is 0.383 e. The van der Waals surface area contributed by atoms with Crippen molar-refractivity contribution in [1.82, 2.24) is 25.2 Å². The van der Waals surface area contributed by atoms with Gasteiger partial charge in [-0.15, -0.1) is 0 Å². The highest BCUT2D eigenvalue weighted by Crippen LogP contribution is 2.29. The summed E-state index contributed by atoms with van der Waals surface area (Å²) >= 11 is 0. The zero-order valence-corrected chi connectivity index (χ0v) is 18.8. The van der Waals surface area contributed by atoms with Gasteiger partial charge in [0, 0.05) is 56.7 Å². The Morgan fingerprint density at radius 3 is 2.73 bits per heavy atom. The van der Waals surface area contributed by atoms with Crippen LogP contribution in [0.15, 0.2) is 54.9 Å². The Balaban J connectivity index is 1.41. The second kappa shape index (κ2) is 10.3. The lowest BCUT2D eigenvalue weighted by molar-refractivity contribution is -0.129. The van der Waals surface area contributed by atoms with E-state index >= 15 is 0 Å². The van der Waals surface area contributed by atoms with E-state index in [2.05, 4.69) is 20.3 Å². The van der Waals surface area contributed by atoms with Crippen LogP contribution in [0.25, 0.3) is 22.5 Å². The number of nitrogens with zero attached hydrogens (tertiary/aromatic N) is 4. The van der Waals surface area contributed by atoms with Gasteiger partial charge in [-0.3, -0.25) is 14.6 Å². The first-order valence-electron chi connectivity index (χ1n) is 10.9. The van der Waals surface area contributed by atoms with Crippen LogP contribution >= 0.6 is 0 Å². The summed E-state index contributed by atoms with van der Waals surface area (Å²) < 4.78 is 5.03. The smallest absolute Gasteiger partial charge is 0.225 e. The van der Waals surface area contributed by atoms with Gasteiger partial charge in [-0.2, -0.15) is 0 Å². The van der Waals surface area contributed by atoms with Crippen molar-refractivity contribution < 1.29 is 14.3 Å². The van der Waals surface area contributed by atoms with Gasteiger partial charge in [-0.1, -0.05) is 30.3 Å². The number of aryl methyl sites for hydroxylation is 1. The quantitative estimate of drug-likeness (QED) is 0.573. The van der Waals surface area contributed by atoms with E-state index in [1.165, 1.54) is 0 Å². The predicted octanol–water partition coefficient (Wildman–Crippen LogP) is 2.63. The molecule has 2 aromatic heterocycles. The van der Waals surface area contributed by atoms with Gasteiger partial charge in [0.1, 0.15) is 5.82 Å². The molecule has 3 heterocycles. The van der Waals surface area contributed by atoms with E-state index in [0.717, 1.165) is 28.1 Å². The fourth-order valence-electron chi connectivity index (χ4n) is 3.88. The van der Waals surface area contributed by atoms with E-state index < -0.39 is 0 Å². The maximum atomic E-state index is 12.6. The first kappa shape index (κ1) is 22.5. The molecular formula is C25H27N5O3. The lowest BCUT2D eigenvalue weighted by Gasteiger charge is -2.16. The van der Waals surface area contributed by atoms with Crippen molar-refractivity contribution in [3.8, 4) is 22.5 Å². The van der Waals surface area contributed by atoms with Crippen molar-refractivity contribution >= 4 is 11.8 Å². The lowest BCUT2D eigenvalue weighted by atomic mass is 10.0. The zero-order chi connectivity index (χ0) is 23.2. The number of ether oxygens (including phenoxy) is 1. The number of hydrogen-bond donors (Lipinski definition) is 1. The van der Waals surface area contributed by atoms with Gasteiger partial charge in [0.2, 0.25) is 11.8 Å². The summed E-state index contributed by atoms with van der Waals surface area (Å²) in [5, 5.41) is 2.96. The molecule has 2 amide bonds. The summed E-state index contributed by atoms with van der Waals surface area (Å²) in [5.74, 6) is 0.266. The van der Waals surface area contributed by atoms with Crippen molar-refractivity contribution in [1.29, 1.82) is 0 Å². The Morgan fingerprint density at radius 2 is 2.00 bits per heavy atom. The molecule has 3 aromatic rings. The zero-order valence-electron chi connectivity index (χ0n) is 18.8. The molecule has 0 unspecified atom stereocenters. The van der Waals surface area contributed by atoms with Crippen LogP contribution in [0.1, 0.15) is 17.8 Å². The maximum Gasteiger partial charge on any atom is 0.225 e. The van der Waals surface area contributed by atoms with Gasteiger partial charge in [-0.05, 0) is 24.6 Å². The number of methoxy groups -OCH3 is 1. The summed E-state index contributed by atoms with van der Waals surface area (Å²) in [6, 6.07) is 13.7. The summed E-state index contributed by atoms with van der Waals surface area (Å²) in [7, 11) is 1.60. The number of hydrogen-bond acceptors (Lipinski definition) is 6. The fourth-order valence-corrected chi connectivity index (χ4v) is 3.88. The third kappa shape index (κ3) is 5.40. The summed E-state index contributed by atoms with van der Waals surface area (Å²) in [5.41, 5.74) is 4.42. The van der Waals surface area contributed by atoms with Crippen LogP contribution in [0.2, 0.25) is 0 Å². The molecule has 1 fully saturated rings. The number of rotatable bonds is 8. The van der Waals surface area contributed by atoms with Crippen molar-refractivity contribution in [2.75, 3.05) is 26.8 Å². The first-order chi connectivity index (χ1) is 16.0. The highest BCUT2D eigenvalue weighted by Gasteiger charge is 2.33. The van der Waals surface area contributed by atoms with Gasteiger partial charge in [0.25, 0.3) is 0 Å². The van der Waals surface area contributed by atoms with Crippen LogP contribution in [-0.4, -0.2) is 58.5 Å². The molecule has 0 radical (unpaired) electrons. The van der Waals surface area contributed by atoms with Crippen molar-refractivity contribution in [3.05, 3.63) is 66.2 Å². The number of benzene rings is 1. The van der Waals surface area contributed by atoms with Crippen LogP contribution in [-0.2, 0) is 20.9 Å². The van der Waals surface area contributed by atoms with E-state index in [1.807, 2.05) is 49.4 Å². The monoisotopic (exact) mass is 445 g/mol. The van der Waals surface area contributed by atoms with Gasteiger partial charge in [-0.25, -0.2) is 9.97 Å². The molecule has 0 aliphatic carbocycles. The van der Waals surface area contributed by atoms with Crippen molar-refractivity contribution in [2.45, 2.75) is 19.9 Å². The van der Waals surface area contributed by atoms with Crippen LogP contribution in [0.4, 0.5) is 0 Å². The second-order valence-corrected chi connectivity index (χ2v) is 8.04. The van der Waals surface area contributed by atoms with Crippen LogP contribution in [0, 0.1) is 12.8 Å². The van der Waals surface area contributed by atoms with Gasteiger partial charge < -0.3 is 15.0 Å². The minimum absolute atomic E-state index is 0.000377. The van der Waals surface area contributed by atoms with Crippen molar-refractivity contribution in [2.24, 2.45) is 5.92 Å². The number of carbonyl (C=O) groups is 2. The highest BCUT2D eigenvalue weighted by atomic mass is 16.5. The molecular weight excluding hydrogens is 418 g/mol. The number of amides is 2. The molecule has 170 valence electrons. The molecule has 33 heavy (non-hydrogen) atoms. The number of nitrogens with one attached hydrogen (secondary N) is 1. The van der Waals surface area contributed by atoms with E-state index in [1.54, 1.807) is 24.4 Å². The minimum atomic E-state index is -0.321. The molecule has 0 spiro atoms. The van der Waals surface area contributed by atoms with E-state index in [4.69, 9.17) is 4.74 Å². The van der Waals surface area contributed by atoms with Crippen molar-refractivity contribution in [3.63, 3.8) is 0 Å². The molecule has 0 bridgehead atoms. The third-order valence-electron chi connectivity index (χ3n) is 5.69. The van der Waals surface area contributed by atoms with E-state index in [0.29, 0.717) is 32.1 Å². The molecule has 8 heteroatoms. The predicted molar refractivity (Wildman–Crippen MR) is 124 cm³/mol. The molecule has 1 N–H and O–H groups in total. The second-order valence-electron chi connectivity index (χ2n) is 8.04. The highest BCUT2D eigenvalue weighted by molar-refractivity contribution is 5.89.